The number of para-hydroxylation sites is 4. The number of nitrogens with zero attached hydrogens (tertiary/aromatic N) is 4. The zero-order valence-electron chi connectivity index (χ0n) is 54.7. The van der Waals surface area contributed by atoms with Crippen molar-refractivity contribution in [2.24, 2.45) is 0 Å². The second-order valence-corrected chi connectivity index (χ2v) is 26.0. The SMILES string of the molecule is c1ccc(-c2ccc(-n3c4ccc(-c5ccccc5)cc4c4cc(-c5ccc6c(c5)c5ccccc5n6-c5ccccc5)ccc43)cc2)cc1.c1ccc(-c2ccc3c(c2)c2cc(-c4ccc5c(c4)c4cc(-c6ccccc6)ccc4n5-c4ccccc4)ccc2n3-c2ccccc2)cc1. The smallest absolute Gasteiger partial charge is 0.0541 e. The molecule has 0 aliphatic rings. The van der Waals surface area contributed by atoms with Crippen molar-refractivity contribution in [3.63, 3.8) is 0 Å². The molecule has 4 heteroatoms. The van der Waals surface area contributed by atoms with Crippen molar-refractivity contribution >= 4 is 87.2 Å². The maximum absolute atomic E-state index is 2.41. The molecule has 0 atom stereocenters. The Kier molecular flexibility index (Phi) is 14.2. The van der Waals surface area contributed by atoms with Gasteiger partial charge in [-0.05, 0) is 206 Å². The number of aromatic nitrogens is 4. The van der Waals surface area contributed by atoms with Crippen LogP contribution in [0.4, 0.5) is 0 Å². The molecule has 0 spiro atoms. The minimum absolute atomic E-state index is 1.15. The summed E-state index contributed by atoms with van der Waals surface area (Å²) in [5.74, 6) is 0. The molecule has 468 valence electrons. The van der Waals surface area contributed by atoms with Gasteiger partial charge in [0.2, 0.25) is 0 Å². The van der Waals surface area contributed by atoms with Crippen molar-refractivity contribution in [3.05, 3.63) is 388 Å². The summed E-state index contributed by atoms with van der Waals surface area (Å²) in [6.45, 7) is 0. The number of rotatable bonds is 10. The fourth-order valence-corrected chi connectivity index (χ4v) is 15.5. The summed E-state index contributed by atoms with van der Waals surface area (Å²) in [6, 6.07) is 141. The summed E-state index contributed by atoms with van der Waals surface area (Å²) in [7, 11) is 0. The van der Waals surface area contributed by atoms with Crippen molar-refractivity contribution in [1.82, 2.24) is 18.3 Å². The topological polar surface area (TPSA) is 19.7 Å². The Morgan fingerprint density at radius 1 is 0.110 bits per heavy atom. The Labute approximate surface area is 579 Å². The second-order valence-electron chi connectivity index (χ2n) is 26.0. The van der Waals surface area contributed by atoms with Gasteiger partial charge in [0, 0.05) is 65.8 Å². The van der Waals surface area contributed by atoms with E-state index in [-0.39, 0.29) is 0 Å². The van der Waals surface area contributed by atoms with Gasteiger partial charge in [-0.3, -0.25) is 0 Å². The van der Waals surface area contributed by atoms with E-state index in [2.05, 4.69) is 407 Å². The molecule has 0 unspecified atom stereocenters. The maximum atomic E-state index is 2.41. The average molecular weight is 1270 g/mol. The maximum Gasteiger partial charge on any atom is 0.0541 e. The van der Waals surface area contributed by atoms with E-state index in [9.17, 15) is 0 Å². The molecule has 4 nitrogen and oxygen atoms in total. The Hall–Kier alpha value is -13.3. The normalized spacial score (nSPS) is 11.6. The van der Waals surface area contributed by atoms with Crippen LogP contribution in [0.25, 0.3) is 177 Å². The van der Waals surface area contributed by atoms with Gasteiger partial charge in [-0.15, -0.1) is 0 Å². The van der Waals surface area contributed by atoms with Crippen LogP contribution >= 0.6 is 0 Å². The predicted molar refractivity (Wildman–Crippen MR) is 423 cm³/mol. The summed E-state index contributed by atoms with van der Waals surface area (Å²) in [6.07, 6.45) is 0. The minimum Gasteiger partial charge on any atom is -0.309 e. The molecule has 0 radical (unpaired) electrons. The third kappa shape index (κ3) is 10.1. The summed E-state index contributed by atoms with van der Waals surface area (Å²) < 4.78 is 9.57. The number of hydrogen-bond donors (Lipinski definition) is 0. The molecule has 0 aliphatic carbocycles. The standard InChI is InChI=1S/2C48H32N2/c1-5-13-33(14-6-1)35-21-25-45-41(29-35)43-31-37(23-27-47(43)49(45)39-17-9-3-10-18-39)38-24-28-48-44(32-38)42-30-36(34-15-7-2-8-16-34)22-26-46(42)50(48)40-19-11-4-12-20-40;1-4-12-33(13-5-1)35-20-25-40(26-21-35)50-47-27-22-36(34-14-6-2-7-15-34)30-43(47)44-32-38(24-29-48(44)50)37-23-28-46-42(31-37)41-18-10-11-19-45(41)49(46)39-16-8-3-9-17-39/h2*1-32H. The van der Waals surface area contributed by atoms with Gasteiger partial charge in [0.1, 0.15) is 0 Å². The lowest BCUT2D eigenvalue weighted by molar-refractivity contribution is 1.18. The van der Waals surface area contributed by atoms with Crippen LogP contribution in [0.5, 0.6) is 0 Å². The van der Waals surface area contributed by atoms with Crippen LogP contribution in [-0.2, 0) is 0 Å². The highest BCUT2D eigenvalue weighted by molar-refractivity contribution is 6.16. The summed E-state index contributed by atoms with van der Waals surface area (Å²) >= 11 is 0. The monoisotopic (exact) mass is 1270 g/mol. The van der Waals surface area contributed by atoms with Crippen LogP contribution in [0.2, 0.25) is 0 Å². The highest BCUT2D eigenvalue weighted by Crippen LogP contribution is 2.43. The minimum atomic E-state index is 1.15. The van der Waals surface area contributed by atoms with Gasteiger partial charge in [-0.2, -0.15) is 0 Å². The number of benzene rings is 16. The van der Waals surface area contributed by atoms with Crippen LogP contribution in [-0.4, -0.2) is 18.3 Å². The van der Waals surface area contributed by atoms with Crippen molar-refractivity contribution in [2.75, 3.05) is 0 Å². The summed E-state index contributed by atoms with van der Waals surface area (Å²) in [4.78, 5) is 0. The van der Waals surface area contributed by atoms with Gasteiger partial charge in [-0.1, -0.05) is 249 Å². The van der Waals surface area contributed by atoms with Crippen molar-refractivity contribution < 1.29 is 0 Å². The molecule has 20 aromatic rings. The van der Waals surface area contributed by atoms with E-state index >= 15 is 0 Å². The molecule has 0 bridgehead atoms. The van der Waals surface area contributed by atoms with E-state index in [0.717, 1.165) is 17.1 Å². The fourth-order valence-electron chi connectivity index (χ4n) is 15.5. The zero-order valence-corrected chi connectivity index (χ0v) is 54.7. The van der Waals surface area contributed by atoms with Crippen LogP contribution in [0.15, 0.2) is 388 Å². The molecular formula is C96H64N4. The van der Waals surface area contributed by atoms with E-state index in [1.165, 1.54) is 160 Å². The Bertz CT molecular complexity index is 6250. The molecule has 0 fully saturated rings. The van der Waals surface area contributed by atoms with Crippen LogP contribution in [0.3, 0.4) is 0 Å². The van der Waals surface area contributed by atoms with E-state index in [1.807, 2.05) is 0 Å². The van der Waals surface area contributed by atoms with Crippen molar-refractivity contribution in [2.45, 2.75) is 0 Å². The van der Waals surface area contributed by atoms with E-state index < -0.39 is 0 Å². The molecule has 0 amide bonds. The molecule has 0 aliphatic heterocycles. The number of hydrogen-bond acceptors (Lipinski definition) is 0. The molecule has 16 aromatic carbocycles. The highest BCUT2D eigenvalue weighted by atomic mass is 15.0. The van der Waals surface area contributed by atoms with Gasteiger partial charge in [0.15, 0.2) is 0 Å². The lowest BCUT2D eigenvalue weighted by Gasteiger charge is -2.10. The van der Waals surface area contributed by atoms with Gasteiger partial charge >= 0.3 is 0 Å². The quantitative estimate of drug-likeness (QED) is 0.130. The molecular weight excluding hydrogens is 1210 g/mol. The zero-order chi connectivity index (χ0) is 66.0. The molecule has 100 heavy (non-hydrogen) atoms. The molecule has 0 saturated heterocycles. The summed E-state index contributed by atoms with van der Waals surface area (Å²) in [5.41, 5.74) is 28.9. The molecule has 0 saturated carbocycles. The van der Waals surface area contributed by atoms with Crippen LogP contribution in [0, 0.1) is 0 Å². The molecule has 20 rings (SSSR count). The lowest BCUT2D eigenvalue weighted by atomic mass is 9.98. The average Bonchev–Trinajstić information content (AvgIpc) is 1.60. The molecule has 4 heterocycles. The molecule has 4 aromatic heterocycles. The predicted octanol–water partition coefficient (Wildman–Crippen LogP) is 25.8. The Morgan fingerprint density at radius 2 is 0.280 bits per heavy atom. The Morgan fingerprint density at radius 3 is 0.550 bits per heavy atom. The van der Waals surface area contributed by atoms with Crippen LogP contribution in [0.1, 0.15) is 0 Å². The first-order valence-electron chi connectivity index (χ1n) is 34.4. The third-order valence-corrected chi connectivity index (χ3v) is 20.2. The summed E-state index contributed by atoms with van der Waals surface area (Å²) in [5, 5.41) is 10.0. The van der Waals surface area contributed by atoms with Gasteiger partial charge < -0.3 is 18.3 Å². The van der Waals surface area contributed by atoms with Crippen LogP contribution < -0.4 is 0 Å². The van der Waals surface area contributed by atoms with Gasteiger partial charge in [-0.25, -0.2) is 0 Å². The highest BCUT2D eigenvalue weighted by Gasteiger charge is 2.21. The first-order chi connectivity index (χ1) is 49.6. The van der Waals surface area contributed by atoms with Crippen molar-refractivity contribution in [3.8, 4) is 89.5 Å². The van der Waals surface area contributed by atoms with Gasteiger partial charge in [0.05, 0.1) is 44.1 Å². The van der Waals surface area contributed by atoms with E-state index in [0.29, 0.717) is 0 Å². The second kappa shape index (κ2) is 24.4. The fraction of sp³-hybridized carbons (Fsp3) is 0. The largest absolute Gasteiger partial charge is 0.309 e. The lowest BCUT2D eigenvalue weighted by Crippen LogP contribution is -1.94. The van der Waals surface area contributed by atoms with E-state index in [4.69, 9.17) is 0 Å². The number of fused-ring (bicyclic) bond motifs is 12. The van der Waals surface area contributed by atoms with Gasteiger partial charge in [0.25, 0.3) is 0 Å². The first-order valence-corrected chi connectivity index (χ1v) is 34.4. The third-order valence-electron chi connectivity index (χ3n) is 20.2. The van der Waals surface area contributed by atoms with E-state index in [1.54, 1.807) is 0 Å². The van der Waals surface area contributed by atoms with Crippen molar-refractivity contribution in [1.29, 1.82) is 0 Å². The molecule has 0 N–H and O–H groups in total. The first kappa shape index (κ1) is 58.1. The Balaban J connectivity index is 0.000000139.